The summed E-state index contributed by atoms with van der Waals surface area (Å²) in [6.45, 7) is 3.57. The summed E-state index contributed by atoms with van der Waals surface area (Å²) in [6.07, 6.45) is 0.820. The number of carboxylic acid groups (broad SMARTS) is 1. The van der Waals surface area contributed by atoms with Crippen molar-refractivity contribution in [3.63, 3.8) is 0 Å². The summed E-state index contributed by atoms with van der Waals surface area (Å²) in [5.74, 6) is -0.850. The second kappa shape index (κ2) is 5.03. The Morgan fingerprint density at radius 3 is 2.58 bits per heavy atom. The molecule has 19 heavy (non-hydrogen) atoms. The molecule has 1 N–H and O–H groups in total. The topological polar surface area (TPSA) is 57.6 Å². The fourth-order valence-corrected chi connectivity index (χ4v) is 2.43. The molecule has 1 saturated carbocycles. The molecule has 1 aromatic carbocycles. The molecule has 3 atom stereocenters. The van der Waals surface area contributed by atoms with E-state index in [2.05, 4.69) is 0 Å². The van der Waals surface area contributed by atoms with Gasteiger partial charge in [0, 0.05) is 13.0 Å². The average molecular weight is 261 g/mol. The van der Waals surface area contributed by atoms with Crippen molar-refractivity contribution in [3.8, 4) is 0 Å². The van der Waals surface area contributed by atoms with Crippen LogP contribution < -0.4 is 0 Å². The van der Waals surface area contributed by atoms with Gasteiger partial charge in [-0.05, 0) is 37.3 Å². The van der Waals surface area contributed by atoms with E-state index in [1.807, 2.05) is 31.2 Å². The molecule has 0 spiro atoms. The van der Waals surface area contributed by atoms with Crippen LogP contribution in [0.25, 0.3) is 0 Å². The van der Waals surface area contributed by atoms with Crippen LogP contribution in [0.15, 0.2) is 24.3 Å². The summed E-state index contributed by atoms with van der Waals surface area (Å²) in [6, 6.07) is 7.28. The molecule has 1 aromatic rings. The third-order valence-electron chi connectivity index (χ3n) is 3.98. The lowest BCUT2D eigenvalue weighted by Gasteiger charge is -2.21. The number of carbonyl (C=O) groups excluding carboxylic acids is 1. The molecule has 4 nitrogen and oxygen atoms in total. The predicted molar refractivity (Wildman–Crippen MR) is 71.9 cm³/mol. The number of aliphatic carboxylic acids is 1. The molecule has 1 aliphatic carbocycles. The highest BCUT2D eigenvalue weighted by atomic mass is 16.4. The van der Waals surface area contributed by atoms with Crippen LogP contribution in [0.4, 0.5) is 0 Å². The lowest BCUT2D eigenvalue weighted by molar-refractivity contribution is -0.148. The third kappa shape index (κ3) is 2.62. The van der Waals surface area contributed by atoms with Crippen LogP contribution in [-0.4, -0.2) is 35.0 Å². The van der Waals surface area contributed by atoms with Crippen LogP contribution in [0.1, 0.15) is 30.4 Å². The van der Waals surface area contributed by atoms with E-state index >= 15 is 0 Å². The summed E-state index contributed by atoms with van der Waals surface area (Å²) >= 11 is 0. The number of hydrogen-bond acceptors (Lipinski definition) is 2. The monoisotopic (exact) mass is 261 g/mol. The van der Waals surface area contributed by atoms with Gasteiger partial charge < -0.3 is 10.0 Å². The van der Waals surface area contributed by atoms with Crippen LogP contribution in [0.5, 0.6) is 0 Å². The van der Waals surface area contributed by atoms with Crippen molar-refractivity contribution in [2.24, 2.45) is 5.92 Å². The summed E-state index contributed by atoms with van der Waals surface area (Å²) in [5.41, 5.74) is 2.40. The SMILES string of the molecule is Cc1ccccc1[C@@H]1C[C@@H]1C(=O)N(C)[C@H](C)C(=O)O. The number of hydrogen-bond donors (Lipinski definition) is 1. The number of amides is 1. The number of rotatable bonds is 4. The van der Waals surface area contributed by atoms with Crippen molar-refractivity contribution in [2.75, 3.05) is 7.05 Å². The van der Waals surface area contributed by atoms with Gasteiger partial charge in [0.25, 0.3) is 0 Å². The van der Waals surface area contributed by atoms with E-state index in [9.17, 15) is 9.59 Å². The zero-order valence-electron chi connectivity index (χ0n) is 11.5. The van der Waals surface area contributed by atoms with Gasteiger partial charge in [-0.1, -0.05) is 24.3 Å². The summed E-state index contributed by atoms with van der Waals surface area (Å²) < 4.78 is 0. The first-order valence-corrected chi connectivity index (χ1v) is 6.48. The second-order valence-electron chi connectivity index (χ2n) is 5.27. The number of aryl methyl sites for hydroxylation is 1. The fraction of sp³-hybridized carbons (Fsp3) is 0.467. The maximum absolute atomic E-state index is 12.2. The number of carbonyl (C=O) groups is 2. The van der Waals surface area contributed by atoms with Crippen LogP contribution >= 0.6 is 0 Å². The molecule has 1 aliphatic rings. The van der Waals surface area contributed by atoms with Crippen molar-refractivity contribution < 1.29 is 14.7 Å². The number of likely N-dealkylation sites (N-methyl/N-ethyl adjacent to an activating group) is 1. The Morgan fingerprint density at radius 2 is 2.00 bits per heavy atom. The molecule has 1 fully saturated rings. The molecule has 0 saturated heterocycles. The first-order valence-electron chi connectivity index (χ1n) is 6.48. The maximum atomic E-state index is 12.2. The highest BCUT2D eigenvalue weighted by Gasteiger charge is 2.46. The van der Waals surface area contributed by atoms with Gasteiger partial charge in [0.1, 0.15) is 6.04 Å². The van der Waals surface area contributed by atoms with Gasteiger partial charge in [-0.2, -0.15) is 0 Å². The van der Waals surface area contributed by atoms with Crippen molar-refractivity contribution in [3.05, 3.63) is 35.4 Å². The Bertz CT molecular complexity index is 512. The maximum Gasteiger partial charge on any atom is 0.326 e. The Balaban J connectivity index is 2.05. The van der Waals surface area contributed by atoms with Gasteiger partial charge >= 0.3 is 5.97 Å². The molecule has 0 aromatic heterocycles. The molecular formula is C15H19NO3. The van der Waals surface area contributed by atoms with Crippen molar-refractivity contribution in [1.29, 1.82) is 0 Å². The summed E-state index contributed by atoms with van der Waals surface area (Å²) in [4.78, 5) is 24.4. The minimum Gasteiger partial charge on any atom is -0.480 e. The van der Waals surface area contributed by atoms with Crippen molar-refractivity contribution in [1.82, 2.24) is 4.90 Å². The molecule has 0 heterocycles. The van der Waals surface area contributed by atoms with Gasteiger partial charge in [-0.15, -0.1) is 0 Å². The van der Waals surface area contributed by atoms with Crippen molar-refractivity contribution in [2.45, 2.75) is 32.2 Å². The van der Waals surface area contributed by atoms with Crippen LogP contribution in [-0.2, 0) is 9.59 Å². The van der Waals surface area contributed by atoms with Crippen molar-refractivity contribution >= 4 is 11.9 Å². The largest absolute Gasteiger partial charge is 0.480 e. The Hall–Kier alpha value is -1.84. The van der Waals surface area contributed by atoms with E-state index in [0.717, 1.165) is 6.42 Å². The smallest absolute Gasteiger partial charge is 0.326 e. The van der Waals surface area contributed by atoms with Gasteiger partial charge in [-0.25, -0.2) is 4.79 Å². The highest BCUT2D eigenvalue weighted by Crippen LogP contribution is 2.49. The molecular weight excluding hydrogens is 242 g/mol. The van der Waals surface area contributed by atoms with Gasteiger partial charge in [0.2, 0.25) is 5.91 Å². The standard InChI is InChI=1S/C15H19NO3/c1-9-6-4-5-7-11(9)12-8-13(12)14(17)16(3)10(2)15(18)19/h4-7,10,12-13H,8H2,1-3H3,(H,18,19)/t10-,12+,13+/m1/s1. The molecule has 4 heteroatoms. The van der Waals surface area contributed by atoms with Gasteiger partial charge in [-0.3, -0.25) is 4.79 Å². The van der Waals surface area contributed by atoms with E-state index in [1.54, 1.807) is 7.05 Å². The minimum atomic E-state index is -0.969. The lowest BCUT2D eigenvalue weighted by Crippen LogP contribution is -2.41. The van der Waals surface area contributed by atoms with Crippen LogP contribution in [0, 0.1) is 12.8 Å². The molecule has 1 amide bonds. The summed E-state index contributed by atoms with van der Waals surface area (Å²) in [5, 5.41) is 8.94. The first-order chi connectivity index (χ1) is 8.93. The number of carboxylic acids is 1. The fourth-order valence-electron chi connectivity index (χ4n) is 2.43. The van der Waals surface area contributed by atoms with E-state index in [-0.39, 0.29) is 17.7 Å². The molecule has 0 aliphatic heterocycles. The third-order valence-corrected chi connectivity index (χ3v) is 3.98. The van der Waals surface area contributed by atoms with Crippen LogP contribution in [0.2, 0.25) is 0 Å². The highest BCUT2D eigenvalue weighted by molar-refractivity contribution is 5.87. The quantitative estimate of drug-likeness (QED) is 0.902. The Morgan fingerprint density at radius 1 is 1.37 bits per heavy atom. The summed E-state index contributed by atoms with van der Waals surface area (Å²) in [7, 11) is 1.56. The van der Waals surface area contributed by atoms with E-state index < -0.39 is 12.0 Å². The normalized spacial score (nSPS) is 22.7. The Labute approximate surface area is 113 Å². The lowest BCUT2D eigenvalue weighted by atomic mass is 10.0. The zero-order valence-corrected chi connectivity index (χ0v) is 11.5. The van der Waals surface area contributed by atoms with Crippen LogP contribution in [0.3, 0.4) is 0 Å². The van der Waals surface area contributed by atoms with Gasteiger partial charge in [0.05, 0.1) is 0 Å². The molecule has 2 rings (SSSR count). The number of benzene rings is 1. The molecule has 0 bridgehead atoms. The molecule has 0 radical (unpaired) electrons. The second-order valence-corrected chi connectivity index (χ2v) is 5.27. The van der Waals surface area contributed by atoms with E-state index in [0.29, 0.717) is 0 Å². The molecule has 102 valence electrons. The number of nitrogens with zero attached hydrogens (tertiary/aromatic N) is 1. The Kier molecular flexibility index (Phi) is 3.60. The van der Waals surface area contributed by atoms with E-state index in [1.165, 1.54) is 23.0 Å². The molecule has 0 unspecified atom stereocenters. The first kappa shape index (κ1) is 13.6. The minimum absolute atomic E-state index is 0.0621. The predicted octanol–water partition coefficient (Wildman–Crippen LogP) is 2.03. The van der Waals surface area contributed by atoms with Gasteiger partial charge in [0.15, 0.2) is 0 Å². The van der Waals surface area contributed by atoms with E-state index in [4.69, 9.17) is 5.11 Å². The average Bonchev–Trinajstić information content (AvgIpc) is 3.16. The zero-order chi connectivity index (χ0) is 14.2.